The molecule has 110 valence electrons. The predicted molar refractivity (Wildman–Crippen MR) is 87.3 cm³/mol. The zero-order valence-corrected chi connectivity index (χ0v) is 12.6. The van der Waals surface area contributed by atoms with E-state index >= 15 is 0 Å². The van der Waals surface area contributed by atoms with Crippen molar-refractivity contribution >= 4 is 0 Å². The van der Waals surface area contributed by atoms with Gasteiger partial charge in [0.2, 0.25) is 0 Å². The maximum absolute atomic E-state index is 5.65. The van der Waals surface area contributed by atoms with E-state index in [1.807, 2.05) is 0 Å². The summed E-state index contributed by atoms with van der Waals surface area (Å²) in [5.74, 6) is 0. The summed E-state index contributed by atoms with van der Waals surface area (Å²) in [5, 5.41) is 3.58. The fraction of sp³-hybridized carbons (Fsp3) is 0.368. The van der Waals surface area contributed by atoms with E-state index in [0.717, 1.165) is 13.2 Å². The quantitative estimate of drug-likeness (QED) is 0.887. The number of rotatable bonds is 5. The number of ether oxygens (including phenoxy) is 1. The lowest BCUT2D eigenvalue weighted by atomic mass is 10.0. The number of benzene rings is 2. The summed E-state index contributed by atoms with van der Waals surface area (Å²) in [7, 11) is 0. The molecule has 1 aliphatic rings. The second-order valence-electron chi connectivity index (χ2n) is 5.75. The smallest absolute Gasteiger partial charge is 0.0700 e. The highest BCUT2D eigenvalue weighted by atomic mass is 16.5. The average molecular weight is 281 g/mol. The number of hydrogen-bond donors (Lipinski definition) is 1. The van der Waals surface area contributed by atoms with Crippen LogP contribution in [-0.2, 0) is 4.74 Å². The maximum Gasteiger partial charge on any atom is 0.0700 e. The topological polar surface area (TPSA) is 21.3 Å². The van der Waals surface area contributed by atoms with Gasteiger partial charge in [0, 0.05) is 19.2 Å². The van der Waals surface area contributed by atoms with Crippen LogP contribution < -0.4 is 5.32 Å². The number of nitrogens with one attached hydrogen (secondary N) is 1. The lowest BCUT2D eigenvalue weighted by Gasteiger charge is -2.17. The van der Waals surface area contributed by atoms with E-state index in [1.54, 1.807) is 0 Å². The highest BCUT2D eigenvalue weighted by Crippen LogP contribution is 2.22. The van der Waals surface area contributed by atoms with Crippen molar-refractivity contribution in [2.24, 2.45) is 0 Å². The summed E-state index contributed by atoms with van der Waals surface area (Å²) < 4.78 is 5.65. The summed E-state index contributed by atoms with van der Waals surface area (Å²) in [6, 6.07) is 19.7. The largest absolute Gasteiger partial charge is 0.377 e. The SMILES string of the molecule is CC(NCC1CCCO1)c1ccc(-c2ccccc2)cc1. The molecule has 1 saturated heterocycles. The Morgan fingerprint density at radius 3 is 2.43 bits per heavy atom. The van der Waals surface area contributed by atoms with Gasteiger partial charge in [-0.2, -0.15) is 0 Å². The van der Waals surface area contributed by atoms with Crippen molar-refractivity contribution < 1.29 is 4.74 Å². The highest BCUT2D eigenvalue weighted by molar-refractivity contribution is 5.63. The Balaban J connectivity index is 1.60. The third kappa shape index (κ3) is 3.72. The zero-order chi connectivity index (χ0) is 14.5. The molecule has 1 N–H and O–H groups in total. The van der Waals surface area contributed by atoms with Crippen molar-refractivity contribution in [3.05, 3.63) is 60.2 Å². The summed E-state index contributed by atoms with van der Waals surface area (Å²) in [6.07, 6.45) is 2.79. The lowest BCUT2D eigenvalue weighted by Crippen LogP contribution is -2.28. The molecule has 0 saturated carbocycles. The van der Waals surface area contributed by atoms with Gasteiger partial charge in [0.25, 0.3) is 0 Å². The standard InChI is InChI=1S/C19H23NO/c1-15(20-14-19-8-5-13-21-19)16-9-11-18(12-10-16)17-6-3-2-4-7-17/h2-4,6-7,9-12,15,19-20H,5,8,13-14H2,1H3. The van der Waals surface area contributed by atoms with Crippen LogP contribution in [0.3, 0.4) is 0 Å². The molecule has 1 fully saturated rings. The Hall–Kier alpha value is -1.64. The molecule has 0 aliphatic carbocycles. The molecule has 0 aromatic heterocycles. The normalized spacial score (nSPS) is 19.6. The van der Waals surface area contributed by atoms with Gasteiger partial charge in [0.15, 0.2) is 0 Å². The molecule has 2 aromatic rings. The Labute approximate surface area is 127 Å². The summed E-state index contributed by atoms with van der Waals surface area (Å²) >= 11 is 0. The van der Waals surface area contributed by atoms with Crippen molar-refractivity contribution in [2.45, 2.75) is 31.9 Å². The van der Waals surface area contributed by atoms with Gasteiger partial charge in [0.05, 0.1) is 6.10 Å². The van der Waals surface area contributed by atoms with E-state index in [4.69, 9.17) is 4.74 Å². The van der Waals surface area contributed by atoms with Crippen LogP contribution in [0.4, 0.5) is 0 Å². The third-order valence-corrected chi connectivity index (χ3v) is 4.19. The first-order valence-corrected chi connectivity index (χ1v) is 7.83. The first-order chi connectivity index (χ1) is 10.3. The van der Waals surface area contributed by atoms with Crippen LogP contribution in [0.1, 0.15) is 31.4 Å². The minimum atomic E-state index is 0.360. The fourth-order valence-corrected chi connectivity index (χ4v) is 2.83. The Kier molecular flexibility index (Phi) is 4.69. The third-order valence-electron chi connectivity index (χ3n) is 4.19. The molecule has 0 bridgehead atoms. The molecule has 2 nitrogen and oxygen atoms in total. The molecular weight excluding hydrogens is 258 g/mol. The van der Waals surface area contributed by atoms with Crippen LogP contribution in [0, 0.1) is 0 Å². The molecular formula is C19H23NO. The van der Waals surface area contributed by atoms with E-state index in [0.29, 0.717) is 12.1 Å². The van der Waals surface area contributed by atoms with Gasteiger partial charge in [-0.3, -0.25) is 0 Å². The van der Waals surface area contributed by atoms with Crippen molar-refractivity contribution in [3.8, 4) is 11.1 Å². The monoisotopic (exact) mass is 281 g/mol. The first-order valence-electron chi connectivity index (χ1n) is 7.83. The summed E-state index contributed by atoms with van der Waals surface area (Å²) in [6.45, 7) is 4.08. The first kappa shape index (κ1) is 14.3. The van der Waals surface area contributed by atoms with Crippen LogP contribution in [-0.4, -0.2) is 19.3 Å². The predicted octanol–water partition coefficient (Wildman–Crippen LogP) is 4.18. The molecule has 0 radical (unpaired) electrons. The van der Waals surface area contributed by atoms with Gasteiger partial charge in [-0.05, 0) is 36.5 Å². The molecule has 2 unspecified atom stereocenters. The second kappa shape index (κ2) is 6.88. The molecule has 21 heavy (non-hydrogen) atoms. The molecule has 1 aliphatic heterocycles. The van der Waals surface area contributed by atoms with Crippen LogP contribution in [0.2, 0.25) is 0 Å². The van der Waals surface area contributed by atoms with Gasteiger partial charge in [-0.1, -0.05) is 54.6 Å². The highest BCUT2D eigenvalue weighted by Gasteiger charge is 2.16. The minimum Gasteiger partial charge on any atom is -0.377 e. The van der Waals surface area contributed by atoms with Crippen LogP contribution in [0.25, 0.3) is 11.1 Å². The Morgan fingerprint density at radius 2 is 1.76 bits per heavy atom. The molecule has 2 atom stereocenters. The minimum absolute atomic E-state index is 0.360. The van der Waals surface area contributed by atoms with Gasteiger partial charge < -0.3 is 10.1 Å². The molecule has 0 amide bonds. The van der Waals surface area contributed by atoms with E-state index < -0.39 is 0 Å². The van der Waals surface area contributed by atoms with Gasteiger partial charge in [-0.15, -0.1) is 0 Å². The average Bonchev–Trinajstić information content (AvgIpc) is 3.07. The van der Waals surface area contributed by atoms with Crippen LogP contribution in [0.5, 0.6) is 0 Å². The zero-order valence-electron chi connectivity index (χ0n) is 12.6. The van der Waals surface area contributed by atoms with Crippen LogP contribution >= 0.6 is 0 Å². The number of hydrogen-bond acceptors (Lipinski definition) is 2. The van der Waals surface area contributed by atoms with Crippen molar-refractivity contribution in [3.63, 3.8) is 0 Å². The molecule has 1 heterocycles. The molecule has 0 spiro atoms. The second-order valence-corrected chi connectivity index (χ2v) is 5.75. The van der Waals surface area contributed by atoms with Gasteiger partial charge in [-0.25, -0.2) is 0 Å². The van der Waals surface area contributed by atoms with E-state index in [1.165, 1.54) is 29.5 Å². The van der Waals surface area contributed by atoms with E-state index in [-0.39, 0.29) is 0 Å². The van der Waals surface area contributed by atoms with E-state index in [2.05, 4.69) is 66.8 Å². The van der Waals surface area contributed by atoms with Gasteiger partial charge >= 0.3 is 0 Å². The van der Waals surface area contributed by atoms with E-state index in [9.17, 15) is 0 Å². The van der Waals surface area contributed by atoms with Crippen molar-refractivity contribution in [1.29, 1.82) is 0 Å². The van der Waals surface area contributed by atoms with Crippen molar-refractivity contribution in [1.82, 2.24) is 5.32 Å². The lowest BCUT2D eigenvalue weighted by molar-refractivity contribution is 0.108. The summed E-state index contributed by atoms with van der Waals surface area (Å²) in [4.78, 5) is 0. The fourth-order valence-electron chi connectivity index (χ4n) is 2.83. The molecule has 2 aromatic carbocycles. The molecule has 2 heteroatoms. The van der Waals surface area contributed by atoms with Crippen molar-refractivity contribution in [2.75, 3.05) is 13.2 Å². The van der Waals surface area contributed by atoms with Crippen LogP contribution in [0.15, 0.2) is 54.6 Å². The summed E-state index contributed by atoms with van der Waals surface area (Å²) in [5.41, 5.74) is 3.86. The Bertz CT molecular complexity index is 544. The maximum atomic E-state index is 5.65. The molecule has 3 rings (SSSR count). The van der Waals surface area contributed by atoms with Gasteiger partial charge in [0.1, 0.15) is 0 Å². The Morgan fingerprint density at radius 1 is 1.05 bits per heavy atom.